The number of urea groups is 1. The molecule has 1 aliphatic rings. The Hall–Kier alpha value is -5.42. The van der Waals surface area contributed by atoms with Crippen LogP contribution in [0.4, 0.5) is 10.5 Å². The molecular weight excluding hydrogens is 656 g/mol. The van der Waals surface area contributed by atoms with E-state index >= 15 is 0 Å². The maximum atomic E-state index is 13.5. The molecule has 46 heavy (non-hydrogen) atoms. The van der Waals surface area contributed by atoms with Crippen molar-refractivity contribution < 1.29 is 38.1 Å². The summed E-state index contributed by atoms with van der Waals surface area (Å²) >= 11 is 3.43. The summed E-state index contributed by atoms with van der Waals surface area (Å²) in [5, 5.41) is 2.20. The van der Waals surface area contributed by atoms with Crippen molar-refractivity contribution >= 4 is 51.5 Å². The van der Waals surface area contributed by atoms with Crippen LogP contribution in [-0.2, 0) is 27.5 Å². The number of rotatable bonds is 11. The Balaban J connectivity index is 1.36. The van der Waals surface area contributed by atoms with Gasteiger partial charge in [0.2, 0.25) is 0 Å². The first-order chi connectivity index (χ1) is 22.3. The Bertz CT molecular complexity index is 1810. The zero-order chi connectivity index (χ0) is 32.6. The topological polar surface area (TPSA) is 120 Å². The minimum atomic E-state index is -0.912. The lowest BCUT2D eigenvalue weighted by Crippen LogP contribution is -2.54. The third-order valence-electron chi connectivity index (χ3n) is 6.86. The molecule has 4 aromatic carbocycles. The fourth-order valence-electron chi connectivity index (χ4n) is 4.60. The monoisotopic (exact) mass is 684 g/mol. The van der Waals surface area contributed by atoms with E-state index in [2.05, 4.69) is 21.2 Å². The molecule has 4 amide bonds. The fourth-order valence-corrected chi connectivity index (χ4v) is 4.98. The quantitative estimate of drug-likeness (QED) is 0.109. The molecule has 0 spiro atoms. The first-order valence-electron chi connectivity index (χ1n) is 14.2. The highest BCUT2D eigenvalue weighted by molar-refractivity contribution is 9.10. The highest BCUT2D eigenvalue weighted by atomic mass is 79.9. The van der Waals surface area contributed by atoms with Gasteiger partial charge in [-0.2, -0.15) is 0 Å². The smallest absolute Gasteiger partial charge is 0.337 e. The second-order valence-corrected chi connectivity index (χ2v) is 10.9. The largest absolute Gasteiger partial charge is 0.490 e. The van der Waals surface area contributed by atoms with Crippen molar-refractivity contribution in [1.82, 2.24) is 5.32 Å². The van der Waals surface area contributed by atoms with Gasteiger partial charge in [-0.05, 0) is 78.7 Å². The van der Waals surface area contributed by atoms with E-state index in [-0.39, 0.29) is 23.4 Å². The predicted octanol–water partition coefficient (Wildman–Crippen LogP) is 6.46. The van der Waals surface area contributed by atoms with Gasteiger partial charge in [-0.1, -0.05) is 52.3 Å². The molecule has 5 rings (SSSR count). The molecule has 0 saturated carbocycles. The van der Waals surface area contributed by atoms with Crippen molar-refractivity contribution in [1.29, 1.82) is 0 Å². The lowest BCUT2D eigenvalue weighted by molar-refractivity contribution is -0.122. The predicted molar refractivity (Wildman–Crippen MR) is 174 cm³/mol. The normalized spacial score (nSPS) is 13.8. The van der Waals surface area contributed by atoms with Crippen LogP contribution in [0.25, 0.3) is 6.08 Å². The van der Waals surface area contributed by atoms with Crippen LogP contribution in [0.15, 0.2) is 101 Å². The van der Waals surface area contributed by atoms with Crippen LogP contribution in [0.2, 0.25) is 0 Å². The Morgan fingerprint density at radius 2 is 1.50 bits per heavy atom. The lowest BCUT2D eigenvalue weighted by Gasteiger charge is -2.26. The van der Waals surface area contributed by atoms with Gasteiger partial charge in [0.05, 0.1) is 25.0 Å². The van der Waals surface area contributed by atoms with Gasteiger partial charge >= 0.3 is 12.0 Å². The molecular formula is C35H29BrN2O8. The summed E-state index contributed by atoms with van der Waals surface area (Å²) in [6.45, 7) is 2.87. The van der Waals surface area contributed by atoms with Gasteiger partial charge in [0.15, 0.2) is 11.5 Å². The molecule has 0 atom stereocenters. The van der Waals surface area contributed by atoms with Crippen molar-refractivity contribution in [2.24, 2.45) is 0 Å². The van der Waals surface area contributed by atoms with Crippen molar-refractivity contribution in [2.75, 3.05) is 18.6 Å². The fraction of sp³-hybridized carbons (Fsp3) is 0.143. The average molecular weight is 686 g/mol. The first kappa shape index (κ1) is 32.0. The van der Waals surface area contributed by atoms with Gasteiger partial charge in [-0.15, -0.1) is 0 Å². The van der Waals surface area contributed by atoms with Crippen LogP contribution in [0.5, 0.6) is 17.2 Å². The van der Waals surface area contributed by atoms with E-state index in [9.17, 15) is 19.2 Å². The molecule has 11 heteroatoms. The number of ether oxygens (including phenoxy) is 4. The van der Waals surface area contributed by atoms with E-state index in [1.807, 2.05) is 55.5 Å². The Morgan fingerprint density at radius 1 is 0.804 bits per heavy atom. The molecule has 4 aromatic rings. The second-order valence-electron chi connectivity index (χ2n) is 9.96. The number of barbiturate groups is 1. The van der Waals surface area contributed by atoms with Gasteiger partial charge < -0.3 is 18.9 Å². The standard InChI is InChI=1S/C35H29BrN2O8/c1-3-44-31-17-23(9-15-30(31)46-20-22-7-5-4-6-8-22)21-45-29-16-12-26(36)18-25(29)19-28-32(39)37-35(42)38(33(28)40)27-13-10-24(11-14-27)34(41)43-2/h4-19H,3,20-21H2,1-2H3,(H,37,39,42)/b28-19-. The summed E-state index contributed by atoms with van der Waals surface area (Å²) in [4.78, 5) is 51.6. The number of amides is 4. The Morgan fingerprint density at radius 3 is 2.22 bits per heavy atom. The molecule has 1 aliphatic heterocycles. The first-order valence-corrected chi connectivity index (χ1v) is 15.0. The number of anilines is 1. The van der Waals surface area contributed by atoms with Crippen molar-refractivity contribution in [3.05, 3.63) is 123 Å². The molecule has 1 saturated heterocycles. The van der Waals surface area contributed by atoms with Crippen LogP contribution >= 0.6 is 15.9 Å². The number of hydrogen-bond acceptors (Lipinski definition) is 8. The number of benzene rings is 4. The number of methoxy groups -OCH3 is 1. The van der Waals surface area contributed by atoms with Crippen molar-refractivity contribution in [3.8, 4) is 17.2 Å². The summed E-state index contributed by atoms with van der Waals surface area (Å²) in [6.07, 6.45) is 1.37. The van der Waals surface area contributed by atoms with Gasteiger partial charge in [-0.3, -0.25) is 14.9 Å². The average Bonchev–Trinajstić information content (AvgIpc) is 3.06. The number of carbonyl (C=O) groups excluding carboxylic acids is 4. The molecule has 0 unspecified atom stereocenters. The van der Waals surface area contributed by atoms with Crippen LogP contribution in [0.1, 0.15) is 34.0 Å². The SMILES string of the molecule is CCOc1cc(COc2ccc(Br)cc2/C=C2/C(=O)NC(=O)N(c3ccc(C(=O)OC)cc3)C2=O)ccc1OCc1ccccc1. The summed E-state index contributed by atoms with van der Waals surface area (Å²) in [7, 11) is 1.25. The van der Waals surface area contributed by atoms with Crippen molar-refractivity contribution in [2.45, 2.75) is 20.1 Å². The van der Waals surface area contributed by atoms with Crippen molar-refractivity contribution in [3.63, 3.8) is 0 Å². The summed E-state index contributed by atoms with van der Waals surface area (Å²) in [6, 6.07) is 25.3. The number of esters is 1. The second kappa shape index (κ2) is 14.6. The third kappa shape index (κ3) is 7.44. The number of nitrogens with one attached hydrogen (secondary N) is 1. The molecule has 234 valence electrons. The molecule has 1 fully saturated rings. The lowest BCUT2D eigenvalue weighted by atomic mass is 10.1. The van der Waals surface area contributed by atoms with Gasteiger partial charge in [0, 0.05) is 10.0 Å². The van der Waals surface area contributed by atoms with Crippen LogP contribution in [-0.4, -0.2) is 37.5 Å². The zero-order valence-electron chi connectivity index (χ0n) is 25.0. The van der Waals surface area contributed by atoms with E-state index in [1.54, 1.807) is 18.2 Å². The number of nitrogens with zero attached hydrogens (tertiary/aromatic N) is 1. The van der Waals surface area contributed by atoms with E-state index in [0.29, 0.717) is 40.5 Å². The van der Waals surface area contributed by atoms with Gasteiger partial charge in [-0.25, -0.2) is 14.5 Å². The maximum absolute atomic E-state index is 13.5. The maximum Gasteiger partial charge on any atom is 0.337 e. The van der Waals surface area contributed by atoms with E-state index in [4.69, 9.17) is 18.9 Å². The molecule has 0 aliphatic carbocycles. The number of hydrogen-bond donors (Lipinski definition) is 1. The molecule has 0 bridgehead atoms. The van der Waals surface area contributed by atoms with Crippen LogP contribution in [0, 0.1) is 0 Å². The van der Waals surface area contributed by atoms with Crippen LogP contribution < -0.4 is 24.4 Å². The van der Waals surface area contributed by atoms with E-state index in [0.717, 1.165) is 16.0 Å². The molecule has 0 aromatic heterocycles. The highest BCUT2D eigenvalue weighted by Gasteiger charge is 2.37. The highest BCUT2D eigenvalue weighted by Crippen LogP contribution is 2.32. The van der Waals surface area contributed by atoms with E-state index in [1.165, 1.54) is 37.5 Å². The summed E-state index contributed by atoms with van der Waals surface area (Å²) in [5.41, 5.74) is 2.38. The molecule has 0 radical (unpaired) electrons. The molecule has 10 nitrogen and oxygen atoms in total. The van der Waals surface area contributed by atoms with Gasteiger partial charge in [0.25, 0.3) is 11.8 Å². The van der Waals surface area contributed by atoms with E-state index < -0.39 is 23.8 Å². The Labute approximate surface area is 273 Å². The minimum Gasteiger partial charge on any atom is -0.490 e. The summed E-state index contributed by atoms with van der Waals surface area (Å²) < 4.78 is 23.4. The molecule has 1 heterocycles. The zero-order valence-corrected chi connectivity index (χ0v) is 26.5. The Kier molecular flexibility index (Phi) is 10.1. The number of carbonyl (C=O) groups is 4. The third-order valence-corrected chi connectivity index (χ3v) is 7.35. The van der Waals surface area contributed by atoms with Crippen LogP contribution in [0.3, 0.4) is 0 Å². The number of halogens is 1. The number of imide groups is 2. The summed E-state index contributed by atoms with van der Waals surface area (Å²) in [5.74, 6) is -0.686. The minimum absolute atomic E-state index is 0.147. The molecule has 1 N–H and O–H groups in total. The van der Waals surface area contributed by atoms with Gasteiger partial charge in [0.1, 0.15) is 24.5 Å².